The summed E-state index contributed by atoms with van der Waals surface area (Å²) >= 11 is 0. The standard InChI is InChI=1S/C26H40N10O8/c1-15(10-35-14-31-20-23(27)29-13-30-24(20)35)43-26(41)28-9-17-11-36(34-33-17)7-5-3-4-6-8-42-25-19(32-16(2)38)22(40)21(39)18(12-37)44-25/h11,13-15,18-19,21-22,25,37,39-40H,3-10,12H2,1-2H3,(H,28,41)(H,32,38)(H2,27,29,30)/t15-,18?,19?,21-,22-,25-/m1/s1. The number of fused-ring (bicyclic) bond motifs is 1. The van der Waals surface area contributed by atoms with Gasteiger partial charge in [0.05, 0.1) is 32.2 Å². The highest BCUT2D eigenvalue weighted by atomic mass is 16.7. The molecule has 2 amide bonds. The van der Waals surface area contributed by atoms with Gasteiger partial charge in [-0.2, -0.15) is 0 Å². The molecule has 3 aromatic heterocycles. The molecule has 0 spiro atoms. The molecule has 4 heterocycles. The summed E-state index contributed by atoms with van der Waals surface area (Å²) in [5.74, 6) is -0.119. The summed E-state index contributed by atoms with van der Waals surface area (Å²) in [4.78, 5) is 36.1. The van der Waals surface area contributed by atoms with E-state index < -0.39 is 55.4 Å². The van der Waals surface area contributed by atoms with Gasteiger partial charge in [0.1, 0.15) is 48.0 Å². The van der Waals surface area contributed by atoms with Crippen molar-refractivity contribution in [1.29, 1.82) is 0 Å². The Morgan fingerprint density at radius 2 is 1.95 bits per heavy atom. The van der Waals surface area contributed by atoms with Crippen LogP contribution in [0.5, 0.6) is 0 Å². The summed E-state index contributed by atoms with van der Waals surface area (Å²) in [5.41, 5.74) is 7.45. The number of carbonyl (C=O) groups is 2. The van der Waals surface area contributed by atoms with Gasteiger partial charge in [0.25, 0.3) is 0 Å². The summed E-state index contributed by atoms with van der Waals surface area (Å²) in [5, 5.41) is 43.2. The number of hydrogen-bond donors (Lipinski definition) is 6. The lowest BCUT2D eigenvalue weighted by Crippen LogP contribution is -2.64. The first-order valence-corrected chi connectivity index (χ1v) is 14.4. The number of rotatable bonds is 15. The molecular weight excluding hydrogens is 580 g/mol. The monoisotopic (exact) mass is 620 g/mol. The first-order valence-electron chi connectivity index (χ1n) is 14.4. The molecule has 1 aliphatic rings. The Kier molecular flexibility index (Phi) is 11.7. The Morgan fingerprint density at radius 3 is 2.73 bits per heavy atom. The zero-order chi connectivity index (χ0) is 31.6. The molecule has 2 unspecified atom stereocenters. The number of amides is 2. The van der Waals surface area contributed by atoms with Crippen LogP contribution in [0.2, 0.25) is 0 Å². The molecule has 1 aliphatic heterocycles. The van der Waals surface area contributed by atoms with Crippen molar-refractivity contribution in [1.82, 2.24) is 45.1 Å². The van der Waals surface area contributed by atoms with Gasteiger partial charge >= 0.3 is 6.09 Å². The minimum absolute atomic E-state index is 0.159. The number of aryl methyl sites for hydroxylation is 1. The Labute approximate surface area is 252 Å². The highest BCUT2D eigenvalue weighted by Crippen LogP contribution is 2.22. The zero-order valence-corrected chi connectivity index (χ0v) is 24.7. The molecule has 1 saturated heterocycles. The number of nitrogens with two attached hydrogens (primary N) is 1. The van der Waals surface area contributed by atoms with Crippen molar-refractivity contribution in [3.05, 3.63) is 24.5 Å². The topological polar surface area (TPSA) is 247 Å². The number of nitrogen functional groups attached to an aromatic ring is 1. The summed E-state index contributed by atoms with van der Waals surface area (Å²) in [6.07, 6.45) is 2.19. The van der Waals surface area contributed by atoms with Gasteiger partial charge in [-0.15, -0.1) is 5.10 Å². The molecule has 3 aromatic rings. The Hall–Kier alpha value is -3.97. The van der Waals surface area contributed by atoms with Gasteiger partial charge in [-0.25, -0.2) is 19.7 Å². The fourth-order valence-corrected chi connectivity index (χ4v) is 4.80. The van der Waals surface area contributed by atoms with Crippen LogP contribution in [0.4, 0.5) is 10.6 Å². The Balaban J connectivity index is 1.09. The molecule has 0 aliphatic carbocycles. The molecule has 0 bridgehead atoms. The molecule has 0 saturated carbocycles. The molecule has 18 nitrogen and oxygen atoms in total. The summed E-state index contributed by atoms with van der Waals surface area (Å²) in [7, 11) is 0. The number of hydrogen-bond acceptors (Lipinski definition) is 14. The van der Waals surface area contributed by atoms with E-state index >= 15 is 0 Å². The van der Waals surface area contributed by atoms with Crippen molar-refractivity contribution < 1.29 is 39.1 Å². The first-order chi connectivity index (χ1) is 21.2. The molecule has 242 valence electrons. The van der Waals surface area contributed by atoms with E-state index in [1.807, 2.05) is 0 Å². The second kappa shape index (κ2) is 15.7. The van der Waals surface area contributed by atoms with Crippen molar-refractivity contribution in [2.24, 2.45) is 0 Å². The normalized spacial score (nSPS) is 22.5. The van der Waals surface area contributed by atoms with Crippen molar-refractivity contribution in [3.63, 3.8) is 0 Å². The van der Waals surface area contributed by atoms with Crippen LogP contribution in [-0.2, 0) is 38.6 Å². The molecule has 7 N–H and O–H groups in total. The number of ether oxygens (including phenoxy) is 3. The maximum atomic E-state index is 12.3. The lowest BCUT2D eigenvalue weighted by molar-refractivity contribution is -0.270. The third-order valence-electron chi connectivity index (χ3n) is 7.01. The van der Waals surface area contributed by atoms with Crippen molar-refractivity contribution in [2.45, 2.75) is 95.9 Å². The van der Waals surface area contributed by atoms with Crippen molar-refractivity contribution in [3.8, 4) is 0 Å². The number of nitrogens with zero attached hydrogens (tertiary/aromatic N) is 7. The van der Waals surface area contributed by atoms with Crippen LogP contribution < -0.4 is 16.4 Å². The van der Waals surface area contributed by atoms with Crippen molar-refractivity contribution >= 4 is 29.0 Å². The Morgan fingerprint density at radius 1 is 1.16 bits per heavy atom. The number of nitrogens with one attached hydrogen (secondary N) is 2. The fraction of sp³-hybridized carbons (Fsp3) is 0.654. The van der Waals surface area contributed by atoms with E-state index in [9.17, 15) is 24.9 Å². The maximum Gasteiger partial charge on any atom is 0.407 e. The van der Waals surface area contributed by atoms with Gasteiger partial charge in [0.2, 0.25) is 5.91 Å². The summed E-state index contributed by atoms with van der Waals surface area (Å²) < 4.78 is 20.1. The van der Waals surface area contributed by atoms with E-state index in [0.717, 1.165) is 19.3 Å². The van der Waals surface area contributed by atoms with Crippen LogP contribution in [-0.4, -0.2) is 112 Å². The van der Waals surface area contributed by atoms with E-state index in [4.69, 9.17) is 19.9 Å². The SMILES string of the molecule is CC(=O)NC1[C@H](OCCCCCCn2cc(CNC(=O)O[C@H](C)Cn3cnc4c(N)ncnc43)nn2)OC(CO)[C@@H](O)[C@@H]1O. The maximum absolute atomic E-state index is 12.3. The van der Waals surface area contributed by atoms with E-state index in [0.29, 0.717) is 43.0 Å². The minimum Gasteiger partial charge on any atom is -0.445 e. The van der Waals surface area contributed by atoms with Crippen LogP contribution >= 0.6 is 0 Å². The molecule has 18 heteroatoms. The lowest BCUT2D eigenvalue weighted by Gasteiger charge is -2.42. The molecule has 4 rings (SSSR count). The van der Waals surface area contributed by atoms with Gasteiger partial charge in [-0.05, 0) is 19.8 Å². The number of unbranched alkanes of at least 4 members (excludes halogenated alkanes) is 3. The number of aliphatic hydroxyl groups is 3. The molecule has 0 aromatic carbocycles. The number of aliphatic hydroxyl groups excluding tert-OH is 3. The quantitative estimate of drug-likeness (QED) is 0.110. The largest absolute Gasteiger partial charge is 0.445 e. The van der Waals surface area contributed by atoms with Crippen LogP contribution in [0.3, 0.4) is 0 Å². The highest BCUT2D eigenvalue weighted by Gasteiger charge is 2.45. The van der Waals surface area contributed by atoms with E-state index in [-0.39, 0.29) is 12.4 Å². The van der Waals surface area contributed by atoms with Gasteiger partial charge < -0.3 is 50.5 Å². The third kappa shape index (κ3) is 8.79. The second-order valence-corrected chi connectivity index (χ2v) is 10.6. The van der Waals surface area contributed by atoms with Gasteiger partial charge in [0, 0.05) is 20.1 Å². The van der Waals surface area contributed by atoms with E-state index in [2.05, 4.69) is 35.9 Å². The molecule has 0 radical (unpaired) electrons. The van der Waals surface area contributed by atoms with Gasteiger partial charge in [-0.1, -0.05) is 18.1 Å². The molecule has 1 fully saturated rings. The third-order valence-corrected chi connectivity index (χ3v) is 7.01. The average Bonchev–Trinajstić information content (AvgIpc) is 3.62. The van der Waals surface area contributed by atoms with Crippen molar-refractivity contribution in [2.75, 3.05) is 18.9 Å². The van der Waals surface area contributed by atoms with Crippen LogP contribution in [0, 0.1) is 0 Å². The van der Waals surface area contributed by atoms with E-state index in [1.165, 1.54) is 13.3 Å². The predicted octanol–water partition coefficient (Wildman–Crippen LogP) is -1.16. The fourth-order valence-electron chi connectivity index (χ4n) is 4.80. The van der Waals surface area contributed by atoms with Gasteiger partial charge in [-0.3, -0.25) is 9.48 Å². The predicted molar refractivity (Wildman–Crippen MR) is 152 cm³/mol. The second-order valence-electron chi connectivity index (χ2n) is 10.6. The lowest BCUT2D eigenvalue weighted by atomic mass is 9.97. The van der Waals surface area contributed by atoms with E-state index in [1.54, 1.807) is 28.7 Å². The number of imidazole rings is 1. The summed E-state index contributed by atoms with van der Waals surface area (Å²) in [6.45, 7) is 3.99. The molecule has 44 heavy (non-hydrogen) atoms. The number of carbonyl (C=O) groups excluding carboxylic acids is 2. The van der Waals surface area contributed by atoms with Crippen LogP contribution in [0.1, 0.15) is 45.2 Å². The minimum atomic E-state index is -1.35. The smallest absolute Gasteiger partial charge is 0.407 e. The zero-order valence-electron chi connectivity index (χ0n) is 24.7. The first kappa shape index (κ1) is 32.9. The summed E-state index contributed by atoms with van der Waals surface area (Å²) in [6, 6.07) is -0.953. The average molecular weight is 621 g/mol. The number of aromatic nitrogens is 7. The Bertz CT molecular complexity index is 1370. The highest BCUT2D eigenvalue weighted by molar-refractivity contribution is 5.81. The molecule has 6 atom stereocenters. The number of anilines is 1. The van der Waals surface area contributed by atoms with Gasteiger partial charge in [0.15, 0.2) is 17.8 Å². The van der Waals surface area contributed by atoms with Crippen LogP contribution in [0.25, 0.3) is 11.2 Å². The van der Waals surface area contributed by atoms with Crippen LogP contribution in [0.15, 0.2) is 18.9 Å². The molecular formula is C26H40N10O8. The number of alkyl carbamates (subject to hydrolysis) is 1.